The number of aliphatic hydroxyl groups excluding tert-OH is 1. The fourth-order valence-electron chi connectivity index (χ4n) is 1.90. The zero-order valence-electron chi connectivity index (χ0n) is 12.2. The minimum absolute atomic E-state index is 0.330. The average molecular weight is 281 g/mol. The van der Waals surface area contributed by atoms with Gasteiger partial charge in [-0.2, -0.15) is 0 Å². The van der Waals surface area contributed by atoms with Crippen LogP contribution in [-0.4, -0.2) is 34.6 Å². The number of aliphatic hydroxyl groups is 2. The van der Waals surface area contributed by atoms with Crippen molar-refractivity contribution in [1.82, 2.24) is 0 Å². The quantitative estimate of drug-likeness (QED) is 0.527. The molecule has 3 N–H and O–H groups in total. The lowest BCUT2D eigenvalue weighted by Gasteiger charge is -2.33. The molecule has 2 atom stereocenters. The Bertz CT molecular complexity index is 432. The highest BCUT2D eigenvalue weighted by Crippen LogP contribution is 2.22. The Hall–Kier alpha value is -1.59. The Kier molecular flexibility index (Phi) is 5.98. The van der Waals surface area contributed by atoms with Crippen LogP contribution in [0.15, 0.2) is 24.3 Å². The predicted molar refractivity (Wildman–Crippen MR) is 77.6 cm³/mol. The van der Waals surface area contributed by atoms with Crippen LogP contribution in [0.2, 0.25) is 0 Å². The van der Waals surface area contributed by atoms with Crippen molar-refractivity contribution in [1.29, 1.82) is 0 Å². The third-order valence-electron chi connectivity index (χ3n) is 3.23. The van der Waals surface area contributed by atoms with E-state index in [0.717, 1.165) is 0 Å². The number of hydrogen-bond donors (Lipinski definition) is 3. The van der Waals surface area contributed by atoms with Gasteiger partial charge in [-0.25, -0.2) is 4.79 Å². The summed E-state index contributed by atoms with van der Waals surface area (Å²) in [5, 5.41) is 23.1. The Labute approximate surface area is 119 Å². The number of carbonyl (C=O) groups is 1. The largest absolute Gasteiger partial charge is 0.462 e. The van der Waals surface area contributed by atoms with Crippen LogP contribution in [0.25, 0.3) is 0 Å². The SMILES string of the molecule is CCOC(=O)c1ccc(NC(O)(CC)C(O)CC)cc1. The maximum atomic E-state index is 11.5. The van der Waals surface area contributed by atoms with Crippen LogP contribution >= 0.6 is 0 Å². The Morgan fingerprint density at radius 3 is 2.35 bits per heavy atom. The molecule has 0 spiro atoms. The summed E-state index contributed by atoms with van der Waals surface area (Å²) in [6.07, 6.45) is -0.0582. The molecular formula is C15H23NO4. The van der Waals surface area contributed by atoms with Crippen molar-refractivity contribution in [2.24, 2.45) is 0 Å². The Morgan fingerprint density at radius 1 is 1.30 bits per heavy atom. The van der Waals surface area contributed by atoms with Gasteiger partial charge in [0.05, 0.1) is 12.2 Å². The number of nitrogens with one attached hydrogen (secondary N) is 1. The minimum atomic E-state index is -1.37. The fraction of sp³-hybridized carbons (Fsp3) is 0.533. The first kappa shape index (κ1) is 16.5. The molecule has 5 nitrogen and oxygen atoms in total. The lowest BCUT2D eigenvalue weighted by Crippen LogP contribution is -2.48. The molecule has 0 aliphatic carbocycles. The van der Waals surface area contributed by atoms with Crippen LogP contribution in [0.3, 0.4) is 0 Å². The molecule has 0 fully saturated rings. The van der Waals surface area contributed by atoms with E-state index in [0.29, 0.717) is 30.7 Å². The summed E-state index contributed by atoms with van der Waals surface area (Å²) >= 11 is 0. The van der Waals surface area contributed by atoms with Gasteiger partial charge in [0, 0.05) is 5.69 Å². The number of benzene rings is 1. The zero-order valence-corrected chi connectivity index (χ0v) is 12.2. The van der Waals surface area contributed by atoms with E-state index >= 15 is 0 Å². The van der Waals surface area contributed by atoms with Crippen LogP contribution in [0, 0.1) is 0 Å². The summed E-state index contributed by atoms with van der Waals surface area (Å²) in [6, 6.07) is 6.59. The second-order valence-electron chi connectivity index (χ2n) is 4.62. The topological polar surface area (TPSA) is 78.8 Å². The highest BCUT2D eigenvalue weighted by Gasteiger charge is 2.32. The number of esters is 1. The molecule has 112 valence electrons. The molecule has 2 unspecified atom stereocenters. The van der Waals surface area contributed by atoms with Crippen LogP contribution in [0.1, 0.15) is 44.0 Å². The molecule has 20 heavy (non-hydrogen) atoms. The molecule has 1 aromatic rings. The Balaban J connectivity index is 2.81. The molecule has 0 saturated heterocycles. The van der Waals surface area contributed by atoms with Gasteiger partial charge in [-0.1, -0.05) is 13.8 Å². The zero-order chi connectivity index (χ0) is 15.2. The number of rotatable bonds is 7. The summed E-state index contributed by atoms with van der Waals surface area (Å²) < 4.78 is 4.90. The Morgan fingerprint density at radius 2 is 1.90 bits per heavy atom. The van der Waals surface area contributed by atoms with Gasteiger partial charge in [0.2, 0.25) is 0 Å². The highest BCUT2D eigenvalue weighted by atomic mass is 16.5. The maximum absolute atomic E-state index is 11.5. The second kappa shape index (κ2) is 7.26. The molecule has 0 aliphatic heterocycles. The third kappa shape index (κ3) is 3.95. The van der Waals surface area contributed by atoms with E-state index in [1.54, 1.807) is 45.0 Å². The number of ether oxygens (including phenoxy) is 1. The molecule has 1 rings (SSSR count). The predicted octanol–water partition coefficient (Wildman–Crippen LogP) is 2.14. The molecule has 0 saturated carbocycles. The van der Waals surface area contributed by atoms with E-state index in [2.05, 4.69) is 5.32 Å². The lowest BCUT2D eigenvalue weighted by atomic mass is 10.0. The van der Waals surface area contributed by atoms with Crippen LogP contribution < -0.4 is 5.32 Å². The lowest BCUT2D eigenvalue weighted by molar-refractivity contribution is -0.0575. The highest BCUT2D eigenvalue weighted by molar-refractivity contribution is 5.89. The summed E-state index contributed by atoms with van der Waals surface area (Å²) in [6.45, 7) is 5.67. The first-order valence-corrected chi connectivity index (χ1v) is 6.92. The van der Waals surface area contributed by atoms with E-state index in [4.69, 9.17) is 4.74 Å². The van der Waals surface area contributed by atoms with Crippen molar-refractivity contribution >= 4 is 11.7 Å². The van der Waals surface area contributed by atoms with E-state index in [1.165, 1.54) is 0 Å². The van der Waals surface area contributed by atoms with Crippen LogP contribution in [-0.2, 0) is 4.74 Å². The fourth-order valence-corrected chi connectivity index (χ4v) is 1.90. The van der Waals surface area contributed by atoms with Crippen molar-refractivity contribution in [3.05, 3.63) is 29.8 Å². The van der Waals surface area contributed by atoms with Gasteiger partial charge in [0.1, 0.15) is 6.10 Å². The molecule has 0 heterocycles. The summed E-state index contributed by atoms with van der Waals surface area (Å²) in [7, 11) is 0. The summed E-state index contributed by atoms with van der Waals surface area (Å²) in [4.78, 5) is 11.5. The van der Waals surface area contributed by atoms with Gasteiger partial charge in [-0.3, -0.25) is 0 Å². The van der Waals surface area contributed by atoms with Gasteiger partial charge >= 0.3 is 5.97 Å². The standard InChI is InChI=1S/C15H23NO4/c1-4-13(17)15(19,5-2)16-12-9-7-11(8-10-12)14(18)20-6-3/h7-10,13,16-17,19H,4-6H2,1-3H3. The van der Waals surface area contributed by atoms with E-state index in [9.17, 15) is 15.0 Å². The number of hydrogen-bond acceptors (Lipinski definition) is 5. The molecule has 0 aromatic heterocycles. The minimum Gasteiger partial charge on any atom is -0.462 e. The van der Waals surface area contributed by atoms with Crippen molar-refractivity contribution in [3.63, 3.8) is 0 Å². The van der Waals surface area contributed by atoms with Gasteiger partial charge in [-0.15, -0.1) is 0 Å². The summed E-state index contributed by atoms with van der Waals surface area (Å²) in [5.41, 5.74) is -0.288. The van der Waals surface area contributed by atoms with Crippen molar-refractivity contribution in [2.45, 2.75) is 45.4 Å². The smallest absolute Gasteiger partial charge is 0.338 e. The van der Waals surface area contributed by atoms with Crippen molar-refractivity contribution in [2.75, 3.05) is 11.9 Å². The molecule has 1 aromatic carbocycles. The summed E-state index contributed by atoms with van der Waals surface area (Å²) in [5.74, 6) is -0.376. The monoisotopic (exact) mass is 281 g/mol. The molecule has 0 radical (unpaired) electrons. The normalized spacial score (nSPS) is 15.2. The third-order valence-corrected chi connectivity index (χ3v) is 3.23. The first-order valence-electron chi connectivity index (χ1n) is 6.92. The van der Waals surface area contributed by atoms with Gasteiger partial charge in [-0.05, 0) is 44.0 Å². The number of anilines is 1. The van der Waals surface area contributed by atoms with Crippen molar-refractivity contribution in [3.8, 4) is 0 Å². The van der Waals surface area contributed by atoms with E-state index < -0.39 is 11.8 Å². The van der Waals surface area contributed by atoms with Crippen molar-refractivity contribution < 1.29 is 19.7 Å². The maximum Gasteiger partial charge on any atom is 0.338 e. The van der Waals surface area contributed by atoms with Gasteiger partial charge in [0.15, 0.2) is 5.72 Å². The average Bonchev–Trinajstić information content (AvgIpc) is 2.47. The number of carbonyl (C=O) groups excluding carboxylic acids is 1. The molecule has 0 aliphatic rings. The first-order chi connectivity index (χ1) is 9.46. The molecule has 0 bridgehead atoms. The van der Waals surface area contributed by atoms with Crippen LogP contribution in [0.5, 0.6) is 0 Å². The molecular weight excluding hydrogens is 258 g/mol. The molecule has 0 amide bonds. The van der Waals surface area contributed by atoms with Gasteiger partial charge in [0.25, 0.3) is 0 Å². The molecule has 5 heteroatoms. The van der Waals surface area contributed by atoms with Crippen LogP contribution in [0.4, 0.5) is 5.69 Å². The van der Waals surface area contributed by atoms with E-state index in [-0.39, 0.29) is 5.97 Å². The van der Waals surface area contributed by atoms with Gasteiger partial charge < -0.3 is 20.3 Å². The second-order valence-corrected chi connectivity index (χ2v) is 4.62. The van der Waals surface area contributed by atoms with E-state index in [1.807, 2.05) is 0 Å².